The Bertz CT molecular complexity index is 77.7. The molecule has 0 heterocycles. The molecule has 0 N–H and O–H groups in total. The van der Waals surface area contributed by atoms with Crippen LogP contribution in [0.4, 0.5) is 0 Å². The van der Waals surface area contributed by atoms with Crippen molar-refractivity contribution in [2.75, 3.05) is 0 Å². The Labute approximate surface area is 97.3 Å². The average Bonchev–Trinajstić information content (AvgIpc) is 2.12. The summed E-state index contributed by atoms with van der Waals surface area (Å²) in [5.41, 5.74) is 0. The van der Waals surface area contributed by atoms with E-state index in [9.17, 15) is 0 Å². The van der Waals surface area contributed by atoms with E-state index in [0.717, 1.165) is 25.7 Å². The zero-order valence-electron chi connectivity index (χ0n) is 9.69. The molecule has 0 saturated carbocycles. The number of hydrogen-bond donors (Lipinski definition) is 0. The average molecular weight is 232 g/mol. The van der Waals surface area contributed by atoms with Gasteiger partial charge >= 0.3 is 19.5 Å². The molecule has 0 saturated heterocycles. The third-order valence-electron chi connectivity index (χ3n) is 1.11. The minimum Gasteiger partial charge on any atom is -0.501 e. The number of rotatable bonds is 4. The van der Waals surface area contributed by atoms with Crippen LogP contribution in [-0.2, 0) is 19.5 Å². The fraction of sp³-hybridized carbons (Fsp3) is 0.667. The van der Waals surface area contributed by atoms with Crippen LogP contribution in [0.2, 0.25) is 0 Å². The van der Waals surface area contributed by atoms with E-state index < -0.39 is 0 Å². The van der Waals surface area contributed by atoms with Gasteiger partial charge in [-0.25, -0.2) is 0 Å². The van der Waals surface area contributed by atoms with E-state index in [2.05, 4.69) is 52.0 Å². The van der Waals surface area contributed by atoms with Gasteiger partial charge in [0.05, 0.1) is 0 Å². The Morgan fingerprint density at radius 3 is 1.15 bits per heavy atom. The van der Waals surface area contributed by atoms with Crippen molar-refractivity contribution in [1.29, 1.82) is 0 Å². The van der Waals surface area contributed by atoms with Crippen LogP contribution in [-0.4, -0.2) is 0 Å². The summed E-state index contributed by atoms with van der Waals surface area (Å²) in [6, 6.07) is 0. The second-order valence-electron chi connectivity index (χ2n) is 2.34. The molecule has 0 nitrogen and oxygen atoms in total. The van der Waals surface area contributed by atoms with Crippen LogP contribution < -0.4 is 0 Å². The standard InChI is InChI=1S/2C6H11.Zn/c2*1-3-5-6-4-2;/h2*5H,3-4H2,1-2H3;/q2*-1;+2. The minimum atomic E-state index is 0. The summed E-state index contributed by atoms with van der Waals surface area (Å²) in [4.78, 5) is 0. The molecule has 0 aliphatic rings. The Balaban J connectivity index is -0.000000143. The second kappa shape index (κ2) is 22.7. The maximum Gasteiger partial charge on any atom is 2.00 e. The summed E-state index contributed by atoms with van der Waals surface area (Å²) in [6.45, 7) is 8.41. The predicted octanol–water partition coefficient (Wildman–Crippen LogP) is 4.33. The minimum absolute atomic E-state index is 0. The topological polar surface area (TPSA) is 0 Å². The molecule has 1 heteroatoms. The molecular weight excluding hydrogens is 210 g/mol. The van der Waals surface area contributed by atoms with Crippen molar-refractivity contribution in [3.8, 4) is 0 Å². The summed E-state index contributed by atoms with van der Waals surface area (Å²) in [6.07, 6.45) is 14.6. The van der Waals surface area contributed by atoms with Gasteiger partial charge in [-0.2, -0.15) is 12.8 Å². The van der Waals surface area contributed by atoms with Gasteiger partial charge in [-0.05, 0) is 0 Å². The normalized spacial score (nSPS) is 9.54. The molecule has 0 aromatic rings. The van der Waals surface area contributed by atoms with Crippen molar-refractivity contribution >= 4 is 0 Å². The second-order valence-corrected chi connectivity index (χ2v) is 2.34. The summed E-state index contributed by atoms with van der Waals surface area (Å²) >= 11 is 0. The molecule has 0 radical (unpaired) electrons. The van der Waals surface area contributed by atoms with Crippen LogP contribution in [0.1, 0.15) is 53.4 Å². The molecule has 0 bridgehead atoms. The number of allylic oxidation sites excluding steroid dienone is 4. The summed E-state index contributed by atoms with van der Waals surface area (Å²) in [5, 5.41) is 0. The SMILES string of the molecule is CC[C-]=CCC.CC[C-]=CCC.[Zn+2]. The summed E-state index contributed by atoms with van der Waals surface area (Å²) in [7, 11) is 0. The Morgan fingerprint density at radius 1 is 0.769 bits per heavy atom. The first-order valence-electron chi connectivity index (χ1n) is 4.93. The summed E-state index contributed by atoms with van der Waals surface area (Å²) < 4.78 is 0. The van der Waals surface area contributed by atoms with Crippen LogP contribution in [0.25, 0.3) is 0 Å². The molecule has 72 valence electrons. The van der Waals surface area contributed by atoms with Gasteiger partial charge < -0.3 is 12.2 Å². The predicted molar refractivity (Wildman–Crippen MR) is 56.8 cm³/mol. The van der Waals surface area contributed by atoms with Crippen molar-refractivity contribution in [2.24, 2.45) is 0 Å². The number of hydrogen-bond acceptors (Lipinski definition) is 0. The third-order valence-corrected chi connectivity index (χ3v) is 1.11. The van der Waals surface area contributed by atoms with E-state index in [1.54, 1.807) is 0 Å². The Morgan fingerprint density at radius 2 is 1.08 bits per heavy atom. The van der Waals surface area contributed by atoms with Gasteiger partial charge in [0.25, 0.3) is 0 Å². The quantitative estimate of drug-likeness (QED) is 0.499. The third kappa shape index (κ3) is 33.2. The molecule has 0 atom stereocenters. The molecular formula is C12H22Zn. The zero-order valence-corrected chi connectivity index (χ0v) is 12.7. The van der Waals surface area contributed by atoms with E-state index in [1.165, 1.54) is 0 Å². The van der Waals surface area contributed by atoms with Crippen molar-refractivity contribution in [3.05, 3.63) is 24.3 Å². The molecule has 0 amide bonds. The van der Waals surface area contributed by atoms with Gasteiger partial charge in [-0.15, -0.1) is 0 Å². The van der Waals surface area contributed by atoms with E-state index in [0.29, 0.717) is 0 Å². The van der Waals surface area contributed by atoms with Crippen molar-refractivity contribution in [1.82, 2.24) is 0 Å². The molecule has 0 unspecified atom stereocenters. The molecule has 0 aliphatic heterocycles. The fourth-order valence-corrected chi connectivity index (χ4v) is 0.577. The first-order chi connectivity index (χ1) is 5.83. The monoisotopic (exact) mass is 230 g/mol. The van der Waals surface area contributed by atoms with Gasteiger partial charge in [0.2, 0.25) is 0 Å². The Kier molecular flexibility index (Phi) is 32.9. The van der Waals surface area contributed by atoms with Gasteiger partial charge in [-0.3, -0.25) is 12.2 Å². The van der Waals surface area contributed by atoms with Crippen molar-refractivity contribution in [3.63, 3.8) is 0 Å². The van der Waals surface area contributed by atoms with E-state index in [-0.39, 0.29) is 19.5 Å². The van der Waals surface area contributed by atoms with Gasteiger partial charge in [0.1, 0.15) is 0 Å². The van der Waals surface area contributed by atoms with E-state index in [4.69, 9.17) is 0 Å². The van der Waals surface area contributed by atoms with Crippen LogP contribution in [0.5, 0.6) is 0 Å². The largest absolute Gasteiger partial charge is 2.00 e. The molecule has 0 fully saturated rings. The van der Waals surface area contributed by atoms with Crippen LogP contribution in [0.3, 0.4) is 0 Å². The van der Waals surface area contributed by atoms with Gasteiger partial charge in [-0.1, -0.05) is 40.5 Å². The van der Waals surface area contributed by atoms with Crippen LogP contribution >= 0.6 is 0 Å². The van der Waals surface area contributed by atoms with Crippen molar-refractivity contribution in [2.45, 2.75) is 53.4 Å². The maximum absolute atomic E-state index is 3.07. The smallest absolute Gasteiger partial charge is 0.501 e. The summed E-state index contributed by atoms with van der Waals surface area (Å²) in [5.74, 6) is 0. The zero-order chi connectivity index (χ0) is 9.66. The van der Waals surface area contributed by atoms with Gasteiger partial charge in [0, 0.05) is 0 Å². The van der Waals surface area contributed by atoms with Gasteiger partial charge in [0.15, 0.2) is 0 Å². The van der Waals surface area contributed by atoms with E-state index >= 15 is 0 Å². The molecule has 13 heavy (non-hydrogen) atoms. The van der Waals surface area contributed by atoms with Crippen molar-refractivity contribution < 1.29 is 19.5 Å². The maximum atomic E-state index is 3.07. The molecule has 0 spiro atoms. The molecule has 0 aromatic heterocycles. The molecule has 0 aromatic carbocycles. The Hall–Kier alpha value is 0.103. The van der Waals surface area contributed by atoms with E-state index in [1.807, 2.05) is 0 Å². The van der Waals surface area contributed by atoms with Crippen LogP contribution in [0, 0.1) is 12.2 Å². The fourth-order valence-electron chi connectivity index (χ4n) is 0.577. The molecule has 0 rings (SSSR count). The van der Waals surface area contributed by atoms with Crippen LogP contribution in [0.15, 0.2) is 12.2 Å². The first kappa shape index (κ1) is 18.8. The first-order valence-corrected chi connectivity index (χ1v) is 4.93. The molecule has 0 aliphatic carbocycles.